The third-order valence-corrected chi connectivity index (χ3v) is 4.31. The quantitative estimate of drug-likeness (QED) is 0.528. The lowest BCUT2D eigenvalue weighted by molar-refractivity contribution is 0.195. The van der Waals surface area contributed by atoms with Gasteiger partial charge < -0.3 is 10.1 Å². The molecule has 0 aromatic carbocycles. The van der Waals surface area contributed by atoms with Crippen LogP contribution in [-0.2, 0) is 17.6 Å². The maximum absolute atomic E-state index is 11.7. The molecule has 0 radical (unpaired) electrons. The minimum atomic E-state index is -0.302. The van der Waals surface area contributed by atoms with Crippen LogP contribution in [0.2, 0.25) is 5.02 Å². The van der Waals surface area contributed by atoms with E-state index in [4.69, 9.17) is 16.3 Å². The van der Waals surface area contributed by atoms with Gasteiger partial charge in [-0.1, -0.05) is 11.6 Å². The zero-order chi connectivity index (χ0) is 18.4. The lowest BCUT2D eigenvalue weighted by atomic mass is 10.1. The number of H-pyrrole nitrogens is 1. The van der Waals surface area contributed by atoms with Gasteiger partial charge in [-0.3, -0.25) is 4.98 Å². The van der Waals surface area contributed by atoms with Gasteiger partial charge in [0.25, 0.3) is 0 Å². The van der Waals surface area contributed by atoms with Crippen molar-refractivity contribution in [3.63, 3.8) is 0 Å². The topological polar surface area (TPSA) is 84.3 Å². The molecule has 146 valence electrons. The average Bonchev–Trinajstić information content (AvgIpc) is 3.00. The molecule has 0 aliphatic heterocycles. The standard InChI is InChI=1S/C18H22ClN5O2.ClH/c1-26-9-3-5-15-10-13(6-8-20-15)4-2-7-21-16-11-14(19)12-24-17(16)22-23-18(24)25;/h6,8,10-12,21H,2-5,7,9H2,1H3,(H,23,25);1H. The van der Waals surface area contributed by atoms with Crippen molar-refractivity contribution >= 4 is 35.3 Å². The van der Waals surface area contributed by atoms with E-state index in [0.29, 0.717) is 10.7 Å². The highest BCUT2D eigenvalue weighted by Crippen LogP contribution is 2.19. The molecule has 7 nitrogen and oxygen atoms in total. The van der Waals surface area contributed by atoms with Crippen molar-refractivity contribution < 1.29 is 4.74 Å². The Hall–Kier alpha value is -2.09. The van der Waals surface area contributed by atoms with Crippen molar-refractivity contribution in [2.45, 2.75) is 25.7 Å². The van der Waals surface area contributed by atoms with Crippen molar-refractivity contribution in [1.29, 1.82) is 0 Å². The van der Waals surface area contributed by atoms with Gasteiger partial charge in [0.1, 0.15) is 0 Å². The highest BCUT2D eigenvalue weighted by molar-refractivity contribution is 6.30. The summed E-state index contributed by atoms with van der Waals surface area (Å²) in [4.78, 5) is 16.1. The Bertz CT molecular complexity index is 926. The van der Waals surface area contributed by atoms with E-state index in [-0.39, 0.29) is 18.1 Å². The van der Waals surface area contributed by atoms with E-state index in [1.54, 1.807) is 19.4 Å². The first-order valence-electron chi connectivity index (χ1n) is 8.60. The number of halogens is 2. The van der Waals surface area contributed by atoms with Crippen LogP contribution in [0.25, 0.3) is 5.65 Å². The molecule has 2 N–H and O–H groups in total. The minimum Gasteiger partial charge on any atom is -0.385 e. The lowest BCUT2D eigenvalue weighted by Gasteiger charge is -2.08. The van der Waals surface area contributed by atoms with Gasteiger partial charge in [-0.15, -0.1) is 12.4 Å². The van der Waals surface area contributed by atoms with Crippen LogP contribution in [0.15, 0.2) is 35.4 Å². The van der Waals surface area contributed by atoms with Crippen molar-refractivity contribution in [3.8, 4) is 0 Å². The van der Waals surface area contributed by atoms with Gasteiger partial charge in [0, 0.05) is 38.3 Å². The molecule has 3 aromatic heterocycles. The molecule has 0 aliphatic rings. The fraction of sp³-hybridized carbons (Fsp3) is 0.389. The van der Waals surface area contributed by atoms with Crippen LogP contribution in [0.1, 0.15) is 24.1 Å². The summed E-state index contributed by atoms with van der Waals surface area (Å²) < 4.78 is 6.48. The first-order chi connectivity index (χ1) is 12.7. The summed E-state index contributed by atoms with van der Waals surface area (Å²) in [6.45, 7) is 1.50. The number of fused-ring (bicyclic) bond motifs is 1. The molecule has 3 heterocycles. The first kappa shape index (κ1) is 21.2. The summed E-state index contributed by atoms with van der Waals surface area (Å²) in [5.41, 5.74) is 3.35. The Morgan fingerprint density at radius 3 is 2.96 bits per heavy atom. The number of aryl methyl sites for hydroxylation is 2. The van der Waals surface area contributed by atoms with Gasteiger partial charge >= 0.3 is 5.69 Å². The third-order valence-electron chi connectivity index (χ3n) is 4.10. The Balaban J connectivity index is 0.00000261. The number of rotatable bonds is 9. The summed E-state index contributed by atoms with van der Waals surface area (Å²) >= 11 is 6.07. The van der Waals surface area contributed by atoms with E-state index < -0.39 is 0 Å². The summed E-state index contributed by atoms with van der Waals surface area (Å²) in [7, 11) is 1.71. The van der Waals surface area contributed by atoms with Crippen molar-refractivity contribution in [1.82, 2.24) is 19.6 Å². The summed E-state index contributed by atoms with van der Waals surface area (Å²) in [6.07, 6.45) is 7.19. The van der Waals surface area contributed by atoms with Crippen molar-refractivity contribution in [2.24, 2.45) is 0 Å². The number of methoxy groups -OCH3 is 1. The normalized spacial score (nSPS) is 10.7. The third kappa shape index (κ3) is 5.69. The fourth-order valence-electron chi connectivity index (χ4n) is 2.84. The molecule has 0 saturated heterocycles. The molecule has 0 unspecified atom stereocenters. The fourth-order valence-corrected chi connectivity index (χ4v) is 3.05. The maximum atomic E-state index is 11.7. The van der Waals surface area contributed by atoms with E-state index in [1.807, 2.05) is 12.3 Å². The van der Waals surface area contributed by atoms with E-state index in [2.05, 4.69) is 26.6 Å². The van der Waals surface area contributed by atoms with Crippen LogP contribution >= 0.6 is 24.0 Å². The lowest BCUT2D eigenvalue weighted by Crippen LogP contribution is -2.10. The number of nitrogens with zero attached hydrogens (tertiary/aromatic N) is 3. The predicted octanol–water partition coefficient (Wildman–Crippen LogP) is 3.12. The number of pyridine rings is 2. The van der Waals surface area contributed by atoms with Crippen LogP contribution in [0.3, 0.4) is 0 Å². The first-order valence-corrected chi connectivity index (χ1v) is 8.98. The molecule has 0 fully saturated rings. The van der Waals surface area contributed by atoms with Crippen LogP contribution < -0.4 is 11.0 Å². The summed E-state index contributed by atoms with van der Waals surface area (Å²) in [5, 5.41) is 10.3. The molecule has 0 atom stereocenters. The molecule has 27 heavy (non-hydrogen) atoms. The van der Waals surface area contributed by atoms with Gasteiger partial charge in [0.05, 0.1) is 10.7 Å². The van der Waals surface area contributed by atoms with Gasteiger partial charge in [-0.25, -0.2) is 14.3 Å². The van der Waals surface area contributed by atoms with Crippen LogP contribution in [0.5, 0.6) is 0 Å². The smallest absolute Gasteiger partial charge is 0.347 e. The van der Waals surface area contributed by atoms with E-state index in [9.17, 15) is 4.79 Å². The van der Waals surface area contributed by atoms with Gasteiger partial charge in [-0.2, -0.15) is 5.10 Å². The molecule has 0 spiro atoms. The van der Waals surface area contributed by atoms with Gasteiger partial charge in [0.15, 0.2) is 5.65 Å². The van der Waals surface area contributed by atoms with Gasteiger partial charge in [-0.05, 0) is 49.4 Å². The van der Waals surface area contributed by atoms with Crippen molar-refractivity contribution in [2.75, 3.05) is 25.6 Å². The molecule has 9 heteroatoms. The van der Waals surface area contributed by atoms with Gasteiger partial charge in [0.2, 0.25) is 0 Å². The SMILES string of the molecule is COCCCc1cc(CCCNc2cc(Cl)cn3c(=O)[nH]nc23)ccn1.Cl. The van der Waals surface area contributed by atoms with Crippen LogP contribution in [0, 0.1) is 0 Å². The predicted molar refractivity (Wildman–Crippen MR) is 109 cm³/mol. The monoisotopic (exact) mass is 411 g/mol. The highest BCUT2D eigenvalue weighted by Gasteiger charge is 2.07. The number of nitrogens with one attached hydrogen (secondary N) is 2. The zero-order valence-corrected chi connectivity index (χ0v) is 16.6. The number of aromatic nitrogens is 4. The molecule has 0 aliphatic carbocycles. The number of ether oxygens (including phenoxy) is 1. The van der Waals surface area contributed by atoms with Crippen LogP contribution in [-0.4, -0.2) is 39.8 Å². The second-order valence-electron chi connectivity index (χ2n) is 6.08. The number of anilines is 1. The number of aromatic amines is 1. The summed E-state index contributed by atoms with van der Waals surface area (Å²) in [5.74, 6) is 0. The number of hydrogen-bond acceptors (Lipinski definition) is 5. The molecular weight excluding hydrogens is 389 g/mol. The van der Waals surface area contributed by atoms with E-state index >= 15 is 0 Å². The van der Waals surface area contributed by atoms with Crippen LogP contribution in [0.4, 0.5) is 5.69 Å². The Labute approximate surface area is 168 Å². The highest BCUT2D eigenvalue weighted by atomic mass is 35.5. The Morgan fingerprint density at radius 1 is 1.30 bits per heavy atom. The molecule has 0 bridgehead atoms. The summed E-state index contributed by atoms with van der Waals surface area (Å²) in [6, 6.07) is 5.97. The second kappa shape index (κ2) is 10.3. The second-order valence-corrected chi connectivity index (χ2v) is 6.51. The molecule has 3 aromatic rings. The Morgan fingerprint density at radius 2 is 2.15 bits per heavy atom. The molecule has 0 saturated carbocycles. The molecule has 3 rings (SSSR count). The van der Waals surface area contributed by atoms with E-state index in [0.717, 1.165) is 50.2 Å². The van der Waals surface area contributed by atoms with Crippen molar-refractivity contribution in [3.05, 3.63) is 57.4 Å². The maximum Gasteiger partial charge on any atom is 0.347 e. The average molecular weight is 412 g/mol. The zero-order valence-electron chi connectivity index (χ0n) is 15.1. The Kier molecular flexibility index (Phi) is 8.09. The largest absolute Gasteiger partial charge is 0.385 e. The molecular formula is C18H23Cl2N5O2. The molecule has 0 amide bonds. The number of hydrogen-bond donors (Lipinski definition) is 2. The minimum absolute atomic E-state index is 0. The van der Waals surface area contributed by atoms with E-state index in [1.165, 1.54) is 9.96 Å².